The summed E-state index contributed by atoms with van der Waals surface area (Å²) in [4.78, 5) is 20.8. The second-order valence-corrected chi connectivity index (χ2v) is 8.02. The SMILES string of the molecule is CC(C)(C)OC(=O)N1C=CN(c2ccc3c(c2)nc2n3CCNCC2)CC1. The van der Waals surface area contributed by atoms with Gasteiger partial charge < -0.3 is 19.5 Å². The lowest BCUT2D eigenvalue weighted by Crippen LogP contribution is -2.40. The largest absolute Gasteiger partial charge is 0.443 e. The quantitative estimate of drug-likeness (QED) is 0.837. The van der Waals surface area contributed by atoms with Crippen molar-refractivity contribution in [1.82, 2.24) is 19.8 Å². The molecule has 2 aromatic rings. The molecule has 0 saturated heterocycles. The van der Waals surface area contributed by atoms with E-state index >= 15 is 0 Å². The van der Waals surface area contributed by atoms with Gasteiger partial charge in [-0.25, -0.2) is 9.78 Å². The number of rotatable bonds is 1. The van der Waals surface area contributed by atoms with Gasteiger partial charge in [-0.15, -0.1) is 0 Å². The van der Waals surface area contributed by atoms with Crippen molar-refractivity contribution in [2.45, 2.75) is 39.3 Å². The molecule has 0 spiro atoms. The first-order valence-corrected chi connectivity index (χ1v) is 9.55. The highest BCUT2D eigenvalue weighted by atomic mass is 16.6. The third kappa shape index (κ3) is 3.78. The Morgan fingerprint density at radius 2 is 2.00 bits per heavy atom. The van der Waals surface area contributed by atoms with Gasteiger partial charge in [0.2, 0.25) is 0 Å². The van der Waals surface area contributed by atoms with E-state index in [1.807, 2.05) is 27.0 Å². The van der Waals surface area contributed by atoms with Gasteiger partial charge >= 0.3 is 6.09 Å². The average Bonchev–Trinajstić information content (AvgIpc) is 2.80. The first-order chi connectivity index (χ1) is 12.9. The number of amides is 1. The van der Waals surface area contributed by atoms with E-state index in [0.29, 0.717) is 6.54 Å². The Hall–Kier alpha value is -2.54. The predicted octanol–water partition coefficient (Wildman–Crippen LogP) is 2.71. The molecule has 0 aliphatic carbocycles. The fourth-order valence-corrected chi connectivity index (χ4v) is 3.52. The van der Waals surface area contributed by atoms with Gasteiger partial charge in [-0.1, -0.05) is 0 Å². The molecule has 144 valence electrons. The average molecular weight is 369 g/mol. The van der Waals surface area contributed by atoms with Gasteiger partial charge in [0.05, 0.1) is 11.0 Å². The number of ether oxygens (including phenoxy) is 1. The summed E-state index contributed by atoms with van der Waals surface area (Å²) in [6.07, 6.45) is 4.37. The van der Waals surface area contributed by atoms with Crippen LogP contribution in [0.1, 0.15) is 26.6 Å². The highest BCUT2D eigenvalue weighted by Gasteiger charge is 2.23. The normalized spacial score (nSPS) is 17.7. The van der Waals surface area contributed by atoms with Crippen molar-refractivity contribution in [3.63, 3.8) is 0 Å². The monoisotopic (exact) mass is 369 g/mol. The van der Waals surface area contributed by atoms with Crippen molar-refractivity contribution in [1.29, 1.82) is 0 Å². The maximum Gasteiger partial charge on any atom is 0.414 e. The van der Waals surface area contributed by atoms with Crippen LogP contribution in [0.2, 0.25) is 0 Å². The highest BCUT2D eigenvalue weighted by molar-refractivity contribution is 5.81. The highest BCUT2D eigenvalue weighted by Crippen LogP contribution is 2.25. The Morgan fingerprint density at radius 1 is 1.15 bits per heavy atom. The molecule has 27 heavy (non-hydrogen) atoms. The van der Waals surface area contributed by atoms with E-state index in [1.54, 1.807) is 11.1 Å². The van der Waals surface area contributed by atoms with E-state index in [0.717, 1.165) is 49.6 Å². The van der Waals surface area contributed by atoms with Crippen LogP contribution in [-0.4, -0.2) is 52.3 Å². The molecule has 1 N–H and O–H groups in total. The standard InChI is InChI=1S/C20H27N5O2/c1-20(2,3)27-19(26)24-12-10-23(11-13-24)15-4-5-17-16(14-15)22-18-6-7-21-8-9-25(17)18/h4-5,10,12,14,21H,6-9,11,13H2,1-3H3. The van der Waals surface area contributed by atoms with E-state index in [4.69, 9.17) is 9.72 Å². The molecule has 2 aliphatic rings. The second-order valence-electron chi connectivity index (χ2n) is 8.02. The van der Waals surface area contributed by atoms with Crippen LogP contribution < -0.4 is 10.2 Å². The summed E-state index contributed by atoms with van der Waals surface area (Å²) < 4.78 is 7.75. The number of carbonyl (C=O) groups is 1. The summed E-state index contributed by atoms with van der Waals surface area (Å²) >= 11 is 0. The Kier molecular flexibility index (Phi) is 4.55. The van der Waals surface area contributed by atoms with Gasteiger partial charge in [0.15, 0.2) is 0 Å². The van der Waals surface area contributed by atoms with E-state index in [9.17, 15) is 4.79 Å². The number of benzene rings is 1. The van der Waals surface area contributed by atoms with Crippen molar-refractivity contribution in [2.24, 2.45) is 0 Å². The number of anilines is 1. The van der Waals surface area contributed by atoms with Crippen LogP contribution in [0.25, 0.3) is 11.0 Å². The summed E-state index contributed by atoms with van der Waals surface area (Å²) in [5.41, 5.74) is 2.83. The van der Waals surface area contributed by atoms with E-state index in [2.05, 4.69) is 33.0 Å². The fourth-order valence-electron chi connectivity index (χ4n) is 3.52. The molecule has 1 aromatic carbocycles. The van der Waals surface area contributed by atoms with Crippen molar-refractivity contribution in [3.8, 4) is 0 Å². The molecule has 3 heterocycles. The number of hydrogen-bond donors (Lipinski definition) is 1. The zero-order chi connectivity index (χ0) is 19.0. The van der Waals surface area contributed by atoms with Crippen molar-refractivity contribution in [3.05, 3.63) is 36.4 Å². The van der Waals surface area contributed by atoms with Crippen LogP contribution in [0.15, 0.2) is 30.6 Å². The Balaban J connectivity index is 1.52. The van der Waals surface area contributed by atoms with Gasteiger partial charge in [0.1, 0.15) is 11.4 Å². The van der Waals surface area contributed by atoms with Crippen LogP contribution in [-0.2, 0) is 17.7 Å². The molecule has 7 heteroatoms. The number of aromatic nitrogens is 2. The lowest BCUT2D eigenvalue weighted by Gasteiger charge is -2.31. The zero-order valence-corrected chi connectivity index (χ0v) is 16.2. The number of nitrogens with one attached hydrogen (secondary N) is 1. The van der Waals surface area contributed by atoms with Gasteiger partial charge in [0.25, 0.3) is 0 Å². The Morgan fingerprint density at radius 3 is 2.74 bits per heavy atom. The molecule has 0 atom stereocenters. The van der Waals surface area contributed by atoms with Crippen molar-refractivity contribution >= 4 is 22.8 Å². The molecule has 7 nitrogen and oxygen atoms in total. The van der Waals surface area contributed by atoms with Crippen LogP contribution >= 0.6 is 0 Å². The summed E-state index contributed by atoms with van der Waals surface area (Å²) in [6.45, 7) is 9.86. The summed E-state index contributed by atoms with van der Waals surface area (Å²) in [5, 5.41) is 3.41. The van der Waals surface area contributed by atoms with E-state index in [-0.39, 0.29) is 6.09 Å². The minimum absolute atomic E-state index is 0.305. The minimum atomic E-state index is -0.484. The molecule has 4 rings (SSSR count). The van der Waals surface area contributed by atoms with Gasteiger partial charge in [0, 0.05) is 57.2 Å². The number of nitrogens with zero attached hydrogens (tertiary/aromatic N) is 4. The molecule has 1 amide bonds. The smallest absolute Gasteiger partial charge is 0.414 e. The van der Waals surface area contributed by atoms with E-state index < -0.39 is 5.60 Å². The number of imidazole rings is 1. The van der Waals surface area contributed by atoms with Crippen LogP contribution in [0.5, 0.6) is 0 Å². The van der Waals surface area contributed by atoms with Gasteiger partial charge in [-0.2, -0.15) is 0 Å². The Bertz CT molecular complexity index is 880. The maximum absolute atomic E-state index is 12.2. The maximum atomic E-state index is 12.2. The fraction of sp³-hybridized carbons (Fsp3) is 0.500. The Labute approximate surface area is 159 Å². The lowest BCUT2D eigenvalue weighted by atomic mass is 10.2. The molecule has 0 bridgehead atoms. The molecular weight excluding hydrogens is 342 g/mol. The first kappa shape index (κ1) is 17.9. The van der Waals surface area contributed by atoms with Gasteiger partial charge in [-0.05, 0) is 39.0 Å². The second kappa shape index (κ2) is 6.88. The molecule has 2 aliphatic heterocycles. The third-order valence-electron chi connectivity index (χ3n) is 4.82. The first-order valence-electron chi connectivity index (χ1n) is 9.55. The van der Waals surface area contributed by atoms with Crippen LogP contribution in [0, 0.1) is 0 Å². The number of fused-ring (bicyclic) bond motifs is 3. The molecule has 0 unspecified atom stereocenters. The predicted molar refractivity (Wildman–Crippen MR) is 106 cm³/mol. The lowest BCUT2D eigenvalue weighted by molar-refractivity contribution is 0.0334. The third-order valence-corrected chi connectivity index (χ3v) is 4.82. The summed E-state index contributed by atoms with van der Waals surface area (Å²) in [5.74, 6) is 1.15. The van der Waals surface area contributed by atoms with Crippen molar-refractivity contribution in [2.75, 3.05) is 31.1 Å². The molecular formula is C20H27N5O2. The molecule has 0 saturated carbocycles. The van der Waals surface area contributed by atoms with E-state index in [1.165, 1.54) is 5.52 Å². The minimum Gasteiger partial charge on any atom is -0.443 e. The zero-order valence-electron chi connectivity index (χ0n) is 16.2. The summed E-state index contributed by atoms with van der Waals surface area (Å²) in [6, 6.07) is 6.42. The molecule has 0 radical (unpaired) electrons. The van der Waals surface area contributed by atoms with Crippen LogP contribution in [0.3, 0.4) is 0 Å². The molecule has 0 fully saturated rings. The van der Waals surface area contributed by atoms with Crippen LogP contribution in [0.4, 0.5) is 10.5 Å². The number of carbonyl (C=O) groups excluding carboxylic acids is 1. The number of hydrogen-bond acceptors (Lipinski definition) is 5. The summed E-state index contributed by atoms with van der Waals surface area (Å²) in [7, 11) is 0. The van der Waals surface area contributed by atoms with Crippen molar-refractivity contribution < 1.29 is 9.53 Å². The topological polar surface area (TPSA) is 62.6 Å². The van der Waals surface area contributed by atoms with Gasteiger partial charge in [-0.3, -0.25) is 4.90 Å². The molecule has 1 aromatic heterocycles.